The van der Waals surface area contributed by atoms with E-state index in [1.165, 1.54) is 0 Å². The summed E-state index contributed by atoms with van der Waals surface area (Å²) in [6, 6.07) is 0.447. The maximum atomic E-state index is 12.3. The summed E-state index contributed by atoms with van der Waals surface area (Å²) in [5.74, 6) is 0.540. The van der Waals surface area contributed by atoms with Gasteiger partial charge in [-0.1, -0.05) is 6.42 Å². The molecule has 0 spiro atoms. The van der Waals surface area contributed by atoms with Crippen molar-refractivity contribution in [3.05, 3.63) is 12.4 Å². The summed E-state index contributed by atoms with van der Waals surface area (Å²) < 4.78 is 1.82. The SMILES string of the molecule is Cl.Cl.Cn1cc(N2CCCC(NC(=O)C[C@@H]3CCC[C@H]3N)C2)cn1. The van der Waals surface area contributed by atoms with E-state index < -0.39 is 0 Å². The lowest BCUT2D eigenvalue weighted by Crippen LogP contribution is -2.48. The van der Waals surface area contributed by atoms with Gasteiger partial charge in [-0.15, -0.1) is 24.8 Å². The number of nitrogens with two attached hydrogens (primary N) is 1. The van der Waals surface area contributed by atoms with E-state index in [2.05, 4.69) is 15.3 Å². The summed E-state index contributed by atoms with van der Waals surface area (Å²) in [7, 11) is 1.93. The molecule has 1 aliphatic carbocycles. The number of carbonyl (C=O) groups is 1. The second kappa shape index (κ2) is 9.49. The summed E-state index contributed by atoms with van der Waals surface area (Å²) in [5, 5.41) is 7.44. The molecule has 1 saturated heterocycles. The van der Waals surface area contributed by atoms with E-state index in [1.807, 2.05) is 24.1 Å². The number of nitrogens with one attached hydrogen (secondary N) is 1. The second-order valence-electron chi connectivity index (χ2n) is 6.78. The lowest BCUT2D eigenvalue weighted by Gasteiger charge is -2.34. The summed E-state index contributed by atoms with van der Waals surface area (Å²) in [4.78, 5) is 14.6. The Kier molecular flexibility index (Phi) is 8.33. The third-order valence-corrected chi connectivity index (χ3v) is 5.01. The molecule has 1 aromatic rings. The van der Waals surface area contributed by atoms with Gasteiger partial charge in [-0.3, -0.25) is 9.48 Å². The fourth-order valence-corrected chi connectivity index (χ4v) is 3.74. The van der Waals surface area contributed by atoms with Crippen molar-refractivity contribution in [2.75, 3.05) is 18.0 Å². The van der Waals surface area contributed by atoms with Crippen molar-refractivity contribution in [2.24, 2.45) is 18.7 Å². The van der Waals surface area contributed by atoms with Crippen LogP contribution in [-0.2, 0) is 11.8 Å². The minimum atomic E-state index is 0. The van der Waals surface area contributed by atoms with E-state index in [-0.39, 0.29) is 42.8 Å². The highest BCUT2D eigenvalue weighted by molar-refractivity contribution is 5.85. The zero-order chi connectivity index (χ0) is 15.5. The van der Waals surface area contributed by atoms with Crippen molar-refractivity contribution in [1.29, 1.82) is 0 Å². The number of nitrogens with zero attached hydrogens (tertiary/aromatic N) is 3. The van der Waals surface area contributed by atoms with Gasteiger partial charge in [0.2, 0.25) is 5.91 Å². The fraction of sp³-hybridized carbons (Fsp3) is 0.750. The molecule has 1 unspecified atom stereocenters. The first-order chi connectivity index (χ1) is 10.6. The van der Waals surface area contributed by atoms with Crippen LogP contribution >= 0.6 is 24.8 Å². The summed E-state index contributed by atoms with van der Waals surface area (Å²) in [6.07, 6.45) is 9.99. The average molecular weight is 378 g/mol. The van der Waals surface area contributed by atoms with Gasteiger partial charge >= 0.3 is 0 Å². The van der Waals surface area contributed by atoms with Crippen molar-refractivity contribution < 1.29 is 4.79 Å². The maximum absolute atomic E-state index is 12.3. The first kappa shape index (κ1) is 21.1. The first-order valence-electron chi connectivity index (χ1n) is 8.40. The quantitative estimate of drug-likeness (QED) is 0.839. The molecule has 24 heavy (non-hydrogen) atoms. The number of anilines is 1. The third kappa shape index (κ3) is 5.26. The van der Waals surface area contributed by atoms with Crippen LogP contribution in [0, 0.1) is 5.92 Å². The zero-order valence-corrected chi connectivity index (χ0v) is 15.8. The molecule has 2 aliphatic rings. The lowest BCUT2D eigenvalue weighted by molar-refractivity contribution is -0.122. The van der Waals surface area contributed by atoms with Gasteiger partial charge in [-0.25, -0.2) is 0 Å². The molecule has 0 aromatic carbocycles. The predicted molar refractivity (Wildman–Crippen MR) is 101 cm³/mol. The van der Waals surface area contributed by atoms with Gasteiger partial charge in [-0.2, -0.15) is 5.10 Å². The van der Waals surface area contributed by atoms with E-state index in [4.69, 9.17) is 5.73 Å². The summed E-state index contributed by atoms with van der Waals surface area (Å²) in [6.45, 7) is 1.90. The molecular weight excluding hydrogens is 349 g/mol. The van der Waals surface area contributed by atoms with Crippen LogP contribution in [0.2, 0.25) is 0 Å². The van der Waals surface area contributed by atoms with Crippen LogP contribution in [0.5, 0.6) is 0 Å². The van der Waals surface area contributed by atoms with Crippen LogP contribution in [0.3, 0.4) is 0 Å². The first-order valence-corrected chi connectivity index (χ1v) is 8.40. The number of hydrogen-bond acceptors (Lipinski definition) is 4. The molecule has 1 aromatic heterocycles. The molecule has 0 bridgehead atoms. The van der Waals surface area contributed by atoms with Crippen LogP contribution < -0.4 is 16.0 Å². The fourth-order valence-electron chi connectivity index (χ4n) is 3.74. The number of halogens is 2. The Hall–Kier alpha value is -0.980. The molecule has 1 amide bonds. The molecule has 3 N–H and O–H groups in total. The molecule has 138 valence electrons. The van der Waals surface area contributed by atoms with Crippen molar-refractivity contribution in [3.63, 3.8) is 0 Å². The molecule has 2 heterocycles. The van der Waals surface area contributed by atoms with Crippen molar-refractivity contribution >= 4 is 36.4 Å². The Morgan fingerprint density at radius 1 is 1.33 bits per heavy atom. The highest BCUT2D eigenvalue weighted by Crippen LogP contribution is 2.27. The number of rotatable bonds is 4. The van der Waals surface area contributed by atoms with Crippen LogP contribution in [0.1, 0.15) is 38.5 Å². The van der Waals surface area contributed by atoms with Gasteiger partial charge in [0.25, 0.3) is 0 Å². The molecule has 8 heteroatoms. The second-order valence-corrected chi connectivity index (χ2v) is 6.78. The van der Waals surface area contributed by atoms with E-state index >= 15 is 0 Å². The Bertz CT molecular complexity index is 524. The molecule has 3 atom stereocenters. The van der Waals surface area contributed by atoms with Gasteiger partial charge in [0.1, 0.15) is 0 Å². The molecule has 6 nitrogen and oxygen atoms in total. The Morgan fingerprint density at radius 3 is 2.75 bits per heavy atom. The van der Waals surface area contributed by atoms with Gasteiger partial charge < -0.3 is 16.0 Å². The Morgan fingerprint density at radius 2 is 2.12 bits per heavy atom. The number of aromatic nitrogens is 2. The van der Waals surface area contributed by atoms with E-state index in [1.54, 1.807) is 0 Å². The smallest absolute Gasteiger partial charge is 0.220 e. The van der Waals surface area contributed by atoms with Crippen LogP contribution in [0.15, 0.2) is 12.4 Å². The highest BCUT2D eigenvalue weighted by Gasteiger charge is 2.28. The highest BCUT2D eigenvalue weighted by atomic mass is 35.5. The lowest BCUT2D eigenvalue weighted by atomic mass is 9.99. The average Bonchev–Trinajstić information content (AvgIpc) is 3.09. The maximum Gasteiger partial charge on any atom is 0.220 e. The standard InChI is InChI=1S/C16H27N5O.2ClH/c1-20-11-14(9-18-20)21-7-3-5-13(10-21)19-16(22)8-12-4-2-6-15(12)17;;/h9,11-13,15H,2-8,10,17H2,1H3,(H,19,22);2*1H/t12-,13?,15+;;/m0../s1. The van der Waals surface area contributed by atoms with Gasteiger partial charge in [-0.05, 0) is 31.6 Å². The largest absolute Gasteiger partial charge is 0.367 e. The zero-order valence-electron chi connectivity index (χ0n) is 14.2. The van der Waals surface area contributed by atoms with Gasteiger partial charge in [0, 0.05) is 44.8 Å². The van der Waals surface area contributed by atoms with Crippen LogP contribution in [-0.4, -0.2) is 40.9 Å². The van der Waals surface area contributed by atoms with Crippen LogP contribution in [0.4, 0.5) is 5.69 Å². The topological polar surface area (TPSA) is 76.2 Å². The Balaban J connectivity index is 0.00000144. The molecule has 1 aliphatic heterocycles. The summed E-state index contributed by atoms with van der Waals surface area (Å²) >= 11 is 0. The molecule has 0 radical (unpaired) electrons. The van der Waals surface area contributed by atoms with Crippen molar-refractivity contribution in [1.82, 2.24) is 15.1 Å². The van der Waals surface area contributed by atoms with Crippen molar-refractivity contribution in [2.45, 2.75) is 50.6 Å². The van der Waals surface area contributed by atoms with E-state index in [0.717, 1.165) is 50.9 Å². The minimum absolute atomic E-state index is 0. The number of carbonyl (C=O) groups excluding carboxylic acids is 1. The number of aryl methyl sites for hydroxylation is 1. The minimum Gasteiger partial charge on any atom is -0.367 e. The molecule has 3 rings (SSSR count). The van der Waals surface area contributed by atoms with Crippen LogP contribution in [0.25, 0.3) is 0 Å². The predicted octanol–water partition coefficient (Wildman–Crippen LogP) is 1.87. The summed E-state index contributed by atoms with van der Waals surface area (Å²) in [5.41, 5.74) is 7.20. The monoisotopic (exact) mass is 377 g/mol. The number of hydrogen-bond donors (Lipinski definition) is 2. The molecular formula is C16H29Cl2N5O. The van der Waals surface area contributed by atoms with Gasteiger partial charge in [0.05, 0.1) is 11.9 Å². The van der Waals surface area contributed by atoms with Gasteiger partial charge in [0.15, 0.2) is 0 Å². The third-order valence-electron chi connectivity index (χ3n) is 5.01. The Labute approximate surface area is 156 Å². The number of amides is 1. The van der Waals surface area contributed by atoms with E-state index in [0.29, 0.717) is 12.3 Å². The molecule has 2 fully saturated rings. The number of piperidine rings is 1. The van der Waals surface area contributed by atoms with E-state index in [9.17, 15) is 4.79 Å². The van der Waals surface area contributed by atoms with Crippen molar-refractivity contribution in [3.8, 4) is 0 Å². The molecule has 1 saturated carbocycles. The normalized spacial score (nSPS) is 26.4.